The number of rotatable bonds is 2. The Balaban J connectivity index is 1.19. The number of hydrogen-bond acceptors (Lipinski definition) is 3. The highest BCUT2D eigenvalue weighted by molar-refractivity contribution is 7.26. The number of fused-ring (bicyclic) bond motifs is 13. The molecule has 0 spiro atoms. The van der Waals surface area contributed by atoms with Crippen LogP contribution in [0, 0.1) is 0 Å². The molecule has 0 saturated carbocycles. The van der Waals surface area contributed by atoms with Crippen molar-refractivity contribution in [2.24, 2.45) is 0 Å². The summed E-state index contributed by atoms with van der Waals surface area (Å²) in [4.78, 5) is 0. The van der Waals surface area contributed by atoms with Gasteiger partial charge in [-0.05, 0) is 48.0 Å². The lowest BCUT2D eigenvalue weighted by molar-refractivity contribution is 0.670. The molecule has 0 aliphatic carbocycles. The van der Waals surface area contributed by atoms with E-state index < -0.39 is 0 Å². The average Bonchev–Trinajstić information content (AvgIpc) is 3.86. The van der Waals surface area contributed by atoms with E-state index in [0.29, 0.717) is 0 Å². The Morgan fingerprint density at radius 3 is 1.91 bits per heavy atom. The summed E-state index contributed by atoms with van der Waals surface area (Å²) in [5.41, 5.74) is 9.41. The first-order chi connectivity index (χ1) is 22.8. The third kappa shape index (κ3) is 3.16. The molecule has 4 heteroatoms. The van der Waals surface area contributed by atoms with Crippen molar-refractivity contribution in [3.8, 4) is 16.8 Å². The molecule has 0 saturated heterocycles. The number of thiophene rings is 1. The van der Waals surface area contributed by atoms with Gasteiger partial charge in [-0.3, -0.25) is 0 Å². The van der Waals surface area contributed by atoms with Crippen LogP contribution in [0.25, 0.3) is 103 Å². The average molecular weight is 606 g/mol. The molecule has 0 fully saturated rings. The predicted molar refractivity (Wildman–Crippen MR) is 194 cm³/mol. The molecule has 214 valence electrons. The minimum Gasteiger partial charge on any atom is -0.455 e. The third-order valence-corrected chi connectivity index (χ3v) is 10.7. The highest BCUT2D eigenvalue weighted by Crippen LogP contribution is 2.45. The first-order valence-corrected chi connectivity index (χ1v) is 16.3. The topological polar surface area (TPSA) is 31.2 Å². The van der Waals surface area contributed by atoms with E-state index in [9.17, 15) is 0 Å². The van der Waals surface area contributed by atoms with E-state index in [1.165, 1.54) is 42.0 Å². The van der Waals surface area contributed by atoms with Crippen molar-refractivity contribution in [2.45, 2.75) is 0 Å². The van der Waals surface area contributed by atoms with Crippen molar-refractivity contribution in [1.29, 1.82) is 0 Å². The van der Waals surface area contributed by atoms with Gasteiger partial charge >= 0.3 is 0 Å². The van der Waals surface area contributed by atoms with Crippen molar-refractivity contribution in [3.05, 3.63) is 140 Å². The van der Waals surface area contributed by atoms with E-state index in [1.54, 1.807) is 0 Å². The van der Waals surface area contributed by atoms with Gasteiger partial charge in [0.1, 0.15) is 16.7 Å². The van der Waals surface area contributed by atoms with Gasteiger partial charge in [0.05, 0.1) is 11.0 Å². The molecule has 0 N–H and O–H groups in total. The molecule has 11 aromatic rings. The van der Waals surface area contributed by atoms with Crippen LogP contribution in [0.15, 0.2) is 148 Å². The van der Waals surface area contributed by atoms with Crippen LogP contribution in [0.3, 0.4) is 0 Å². The number of benzene rings is 7. The van der Waals surface area contributed by atoms with E-state index in [-0.39, 0.29) is 0 Å². The normalized spacial score (nSPS) is 12.3. The van der Waals surface area contributed by atoms with Gasteiger partial charge in [-0.15, -0.1) is 11.3 Å². The molecular weight excluding hydrogens is 583 g/mol. The van der Waals surface area contributed by atoms with Gasteiger partial charge in [-0.25, -0.2) is 0 Å². The van der Waals surface area contributed by atoms with E-state index >= 15 is 0 Å². The lowest BCUT2D eigenvalue weighted by Crippen LogP contribution is -1.93. The number of nitrogens with zero attached hydrogens (tertiary/aromatic N) is 1. The number of aromatic nitrogens is 1. The minimum atomic E-state index is 0.911. The molecule has 11 rings (SSSR count). The summed E-state index contributed by atoms with van der Waals surface area (Å²) in [6.45, 7) is 0. The van der Waals surface area contributed by atoms with Crippen molar-refractivity contribution in [1.82, 2.24) is 4.57 Å². The summed E-state index contributed by atoms with van der Waals surface area (Å²) < 4.78 is 18.0. The molecule has 4 heterocycles. The second kappa shape index (κ2) is 8.87. The highest BCUT2D eigenvalue weighted by atomic mass is 32.1. The fraction of sp³-hybridized carbons (Fsp3) is 0. The van der Waals surface area contributed by atoms with Gasteiger partial charge < -0.3 is 13.4 Å². The second-order valence-electron chi connectivity index (χ2n) is 12.0. The molecule has 0 amide bonds. The summed E-state index contributed by atoms with van der Waals surface area (Å²) in [7, 11) is 0. The zero-order chi connectivity index (χ0) is 29.9. The lowest BCUT2D eigenvalue weighted by Gasteiger charge is -2.09. The van der Waals surface area contributed by atoms with E-state index in [2.05, 4.69) is 132 Å². The predicted octanol–water partition coefficient (Wildman–Crippen LogP) is 12.6. The van der Waals surface area contributed by atoms with Crippen LogP contribution in [-0.2, 0) is 0 Å². The lowest BCUT2D eigenvalue weighted by atomic mass is 9.97. The Hall–Kier alpha value is -5.84. The fourth-order valence-electron chi connectivity index (χ4n) is 7.64. The van der Waals surface area contributed by atoms with Crippen molar-refractivity contribution in [3.63, 3.8) is 0 Å². The van der Waals surface area contributed by atoms with Gasteiger partial charge in [0.15, 0.2) is 5.58 Å². The quantitative estimate of drug-likeness (QED) is 0.196. The van der Waals surface area contributed by atoms with Crippen LogP contribution < -0.4 is 0 Å². The molecule has 7 aromatic carbocycles. The Labute approximate surface area is 266 Å². The first-order valence-electron chi connectivity index (χ1n) is 15.5. The molecule has 0 aliphatic rings. The van der Waals surface area contributed by atoms with Gasteiger partial charge in [0.25, 0.3) is 0 Å². The van der Waals surface area contributed by atoms with E-state index in [4.69, 9.17) is 8.83 Å². The third-order valence-electron chi connectivity index (χ3n) is 9.61. The number of furan rings is 2. The Bertz CT molecular complexity index is 3040. The molecule has 0 aliphatic heterocycles. The molecule has 0 radical (unpaired) electrons. The standard InChI is InChI=1S/C42H23NO2S/c1-4-15-34-25(9-1)29-21-22-32-27-11-3-6-17-36(27)45-42(32)40(29)43(34)24-19-20-33-38(23-24)46-37-18-8-12-28(39(33)37)31-14-7-13-30-26-10-2-5-16-35(26)44-41(30)31/h1-23H. The maximum absolute atomic E-state index is 6.59. The zero-order valence-corrected chi connectivity index (χ0v) is 25.3. The van der Waals surface area contributed by atoms with Crippen LogP contribution >= 0.6 is 11.3 Å². The summed E-state index contributed by atoms with van der Waals surface area (Å²) in [5.74, 6) is 0. The monoisotopic (exact) mass is 605 g/mol. The van der Waals surface area contributed by atoms with Crippen LogP contribution in [0.2, 0.25) is 0 Å². The summed E-state index contributed by atoms with van der Waals surface area (Å²) >= 11 is 1.84. The minimum absolute atomic E-state index is 0.911. The van der Waals surface area contributed by atoms with Crippen LogP contribution in [0.1, 0.15) is 0 Å². The second-order valence-corrected chi connectivity index (χ2v) is 13.1. The smallest absolute Gasteiger partial charge is 0.160 e. The summed E-state index contributed by atoms with van der Waals surface area (Å²) in [5, 5.41) is 9.51. The van der Waals surface area contributed by atoms with Crippen LogP contribution in [0.4, 0.5) is 0 Å². The Morgan fingerprint density at radius 2 is 1.07 bits per heavy atom. The highest BCUT2D eigenvalue weighted by Gasteiger charge is 2.21. The van der Waals surface area contributed by atoms with E-state index in [0.717, 1.165) is 60.6 Å². The maximum atomic E-state index is 6.59. The van der Waals surface area contributed by atoms with Crippen LogP contribution in [0.5, 0.6) is 0 Å². The van der Waals surface area contributed by atoms with Crippen molar-refractivity contribution in [2.75, 3.05) is 0 Å². The van der Waals surface area contributed by atoms with Gasteiger partial charge in [0, 0.05) is 63.7 Å². The molecule has 0 bridgehead atoms. The molecule has 46 heavy (non-hydrogen) atoms. The SMILES string of the molecule is c1ccc2c(c1)oc1c(-c3cccc4sc5cc(-n6c7ccccc7c7ccc8c9ccccc9oc8c76)ccc5c34)cccc12. The Morgan fingerprint density at radius 1 is 0.435 bits per heavy atom. The van der Waals surface area contributed by atoms with Gasteiger partial charge in [-0.1, -0.05) is 97.1 Å². The Kier molecular flexibility index (Phi) is 4.72. The van der Waals surface area contributed by atoms with Gasteiger partial charge in [0.2, 0.25) is 0 Å². The van der Waals surface area contributed by atoms with Crippen LogP contribution in [-0.4, -0.2) is 4.57 Å². The van der Waals surface area contributed by atoms with E-state index in [1.807, 2.05) is 23.5 Å². The molecule has 4 aromatic heterocycles. The number of para-hydroxylation sites is 4. The molecule has 3 nitrogen and oxygen atoms in total. The van der Waals surface area contributed by atoms with Gasteiger partial charge in [-0.2, -0.15) is 0 Å². The largest absolute Gasteiger partial charge is 0.455 e. The fourth-order valence-corrected chi connectivity index (χ4v) is 8.80. The summed E-state index contributed by atoms with van der Waals surface area (Å²) in [6, 6.07) is 49.8. The molecule has 0 unspecified atom stereocenters. The molecule has 0 atom stereocenters. The first kappa shape index (κ1) is 24.5. The van der Waals surface area contributed by atoms with Crippen molar-refractivity contribution >= 4 is 97.2 Å². The summed E-state index contributed by atoms with van der Waals surface area (Å²) in [6.07, 6.45) is 0. The zero-order valence-electron chi connectivity index (χ0n) is 24.5. The van der Waals surface area contributed by atoms with Crippen molar-refractivity contribution < 1.29 is 8.83 Å². The number of hydrogen-bond donors (Lipinski definition) is 0. The maximum Gasteiger partial charge on any atom is 0.160 e. The molecular formula is C42H23NO2S.